The van der Waals surface area contributed by atoms with Crippen LogP contribution in [-0.4, -0.2) is 29.3 Å². The standard InChI is InChI=1S/C16H15ClF2N2O3/c17-13-8-12(20)3-4-15(13)24-6-5-21(16(22)23)9-10-1-2-11(18)7-14(10)19/h1-4,7-8H,5-6,9,20H2,(H,22,23). The van der Waals surface area contributed by atoms with Gasteiger partial charge in [-0.05, 0) is 24.3 Å². The third-order valence-electron chi connectivity index (χ3n) is 3.22. The summed E-state index contributed by atoms with van der Waals surface area (Å²) < 4.78 is 31.9. The maximum absolute atomic E-state index is 13.6. The summed E-state index contributed by atoms with van der Waals surface area (Å²) in [6.45, 7) is -0.230. The Kier molecular flexibility index (Phi) is 5.81. The van der Waals surface area contributed by atoms with Gasteiger partial charge in [0.05, 0.1) is 18.1 Å². The molecule has 8 heteroatoms. The number of carboxylic acid groups (broad SMARTS) is 1. The summed E-state index contributed by atoms with van der Waals surface area (Å²) in [5.74, 6) is -1.16. The van der Waals surface area contributed by atoms with Gasteiger partial charge in [0.1, 0.15) is 24.0 Å². The monoisotopic (exact) mass is 356 g/mol. The molecule has 0 spiro atoms. The molecule has 0 atom stereocenters. The normalized spacial score (nSPS) is 10.5. The van der Waals surface area contributed by atoms with E-state index in [0.29, 0.717) is 22.5 Å². The van der Waals surface area contributed by atoms with Crippen molar-refractivity contribution in [3.05, 3.63) is 58.6 Å². The van der Waals surface area contributed by atoms with Crippen molar-refractivity contribution in [2.24, 2.45) is 0 Å². The van der Waals surface area contributed by atoms with Crippen molar-refractivity contribution in [1.29, 1.82) is 0 Å². The van der Waals surface area contributed by atoms with Crippen LogP contribution in [0.4, 0.5) is 19.3 Å². The van der Waals surface area contributed by atoms with E-state index in [2.05, 4.69) is 0 Å². The molecular weight excluding hydrogens is 342 g/mol. The van der Waals surface area contributed by atoms with Gasteiger partial charge in [-0.2, -0.15) is 0 Å². The highest BCUT2D eigenvalue weighted by Crippen LogP contribution is 2.26. The smallest absolute Gasteiger partial charge is 0.407 e. The largest absolute Gasteiger partial charge is 0.490 e. The molecule has 5 nitrogen and oxygen atoms in total. The second kappa shape index (κ2) is 7.83. The number of hydrogen-bond acceptors (Lipinski definition) is 3. The zero-order chi connectivity index (χ0) is 17.7. The molecule has 0 aliphatic rings. The molecule has 2 rings (SSSR count). The van der Waals surface area contributed by atoms with E-state index in [1.165, 1.54) is 12.1 Å². The minimum absolute atomic E-state index is 0.0127. The first kappa shape index (κ1) is 17.8. The number of nitrogens with two attached hydrogens (primary N) is 1. The Morgan fingerprint density at radius 2 is 2.00 bits per heavy atom. The van der Waals surface area contributed by atoms with E-state index in [9.17, 15) is 18.7 Å². The van der Waals surface area contributed by atoms with Crippen LogP contribution in [0.5, 0.6) is 5.75 Å². The van der Waals surface area contributed by atoms with E-state index >= 15 is 0 Å². The molecule has 24 heavy (non-hydrogen) atoms. The number of benzene rings is 2. The molecule has 0 aliphatic heterocycles. The minimum Gasteiger partial charge on any atom is -0.490 e. The average molecular weight is 357 g/mol. The molecule has 0 aliphatic carbocycles. The van der Waals surface area contributed by atoms with Crippen LogP contribution in [0.1, 0.15) is 5.56 Å². The van der Waals surface area contributed by atoms with Gasteiger partial charge in [-0.1, -0.05) is 17.7 Å². The maximum atomic E-state index is 13.6. The second-order valence-corrected chi connectivity index (χ2v) is 5.39. The number of halogens is 3. The lowest BCUT2D eigenvalue weighted by molar-refractivity contribution is 0.131. The number of carbonyl (C=O) groups is 1. The Balaban J connectivity index is 1.97. The molecule has 1 amide bonds. The van der Waals surface area contributed by atoms with Gasteiger partial charge in [0, 0.05) is 17.3 Å². The van der Waals surface area contributed by atoms with Crippen molar-refractivity contribution >= 4 is 23.4 Å². The van der Waals surface area contributed by atoms with Gasteiger partial charge in [-0.25, -0.2) is 13.6 Å². The highest BCUT2D eigenvalue weighted by atomic mass is 35.5. The lowest BCUT2D eigenvalue weighted by atomic mass is 10.2. The number of ether oxygens (including phenoxy) is 1. The Bertz CT molecular complexity index is 743. The van der Waals surface area contributed by atoms with Crippen LogP contribution in [0.25, 0.3) is 0 Å². The van der Waals surface area contributed by atoms with Gasteiger partial charge < -0.3 is 20.5 Å². The molecule has 0 aromatic heterocycles. The summed E-state index contributed by atoms with van der Waals surface area (Å²) >= 11 is 5.95. The maximum Gasteiger partial charge on any atom is 0.407 e. The lowest BCUT2D eigenvalue weighted by Gasteiger charge is -2.20. The molecule has 0 saturated carbocycles. The number of anilines is 1. The molecule has 0 unspecified atom stereocenters. The average Bonchev–Trinajstić information content (AvgIpc) is 2.50. The quantitative estimate of drug-likeness (QED) is 0.773. The number of nitrogen functional groups attached to an aromatic ring is 1. The molecular formula is C16H15ClF2N2O3. The van der Waals surface area contributed by atoms with Gasteiger partial charge in [-0.15, -0.1) is 0 Å². The third kappa shape index (κ3) is 4.73. The highest BCUT2D eigenvalue weighted by Gasteiger charge is 2.15. The van der Waals surface area contributed by atoms with E-state index in [0.717, 1.165) is 11.0 Å². The van der Waals surface area contributed by atoms with Crippen molar-refractivity contribution in [3.8, 4) is 5.75 Å². The Labute approximate surface area is 142 Å². The fraction of sp³-hybridized carbons (Fsp3) is 0.188. The lowest BCUT2D eigenvalue weighted by Crippen LogP contribution is -2.33. The first-order valence-corrected chi connectivity index (χ1v) is 7.34. The van der Waals surface area contributed by atoms with Crippen LogP contribution in [0.15, 0.2) is 36.4 Å². The molecule has 0 bridgehead atoms. The number of hydrogen-bond donors (Lipinski definition) is 2. The van der Waals surface area contributed by atoms with Crippen LogP contribution in [0.3, 0.4) is 0 Å². The fourth-order valence-electron chi connectivity index (χ4n) is 2.00. The summed E-state index contributed by atoms with van der Waals surface area (Å²) in [7, 11) is 0. The van der Waals surface area contributed by atoms with Crippen molar-refractivity contribution in [3.63, 3.8) is 0 Å². The van der Waals surface area contributed by atoms with Crippen molar-refractivity contribution in [1.82, 2.24) is 4.90 Å². The van der Waals surface area contributed by atoms with Gasteiger partial charge in [0.15, 0.2) is 0 Å². The van der Waals surface area contributed by atoms with Gasteiger partial charge >= 0.3 is 6.09 Å². The second-order valence-electron chi connectivity index (χ2n) is 4.98. The summed E-state index contributed by atoms with van der Waals surface area (Å²) in [4.78, 5) is 12.2. The SMILES string of the molecule is Nc1ccc(OCCN(Cc2ccc(F)cc2F)C(=O)O)c(Cl)c1. The van der Waals surface area contributed by atoms with Crippen LogP contribution < -0.4 is 10.5 Å². The predicted octanol–water partition coefficient (Wildman–Crippen LogP) is 3.76. The third-order valence-corrected chi connectivity index (χ3v) is 3.52. The summed E-state index contributed by atoms with van der Waals surface area (Å²) in [5.41, 5.74) is 6.12. The highest BCUT2D eigenvalue weighted by molar-refractivity contribution is 6.32. The molecule has 2 aromatic carbocycles. The molecule has 0 fully saturated rings. The Hall–Kier alpha value is -2.54. The molecule has 3 N–H and O–H groups in total. The van der Waals surface area contributed by atoms with Crippen molar-refractivity contribution < 1.29 is 23.4 Å². The zero-order valence-electron chi connectivity index (χ0n) is 12.5. The zero-order valence-corrected chi connectivity index (χ0v) is 13.3. The summed E-state index contributed by atoms with van der Waals surface area (Å²) in [5, 5.41) is 9.51. The van der Waals surface area contributed by atoms with E-state index < -0.39 is 17.7 Å². The molecule has 2 aromatic rings. The predicted molar refractivity (Wildman–Crippen MR) is 86.2 cm³/mol. The minimum atomic E-state index is -1.24. The Morgan fingerprint density at radius 3 is 2.62 bits per heavy atom. The fourth-order valence-corrected chi connectivity index (χ4v) is 2.24. The molecule has 0 saturated heterocycles. The van der Waals surface area contributed by atoms with E-state index in [1.807, 2.05) is 0 Å². The molecule has 128 valence electrons. The van der Waals surface area contributed by atoms with Crippen LogP contribution in [-0.2, 0) is 6.54 Å². The van der Waals surface area contributed by atoms with E-state index in [1.54, 1.807) is 12.1 Å². The first-order valence-electron chi connectivity index (χ1n) is 6.96. The first-order chi connectivity index (χ1) is 11.4. The Morgan fingerprint density at radius 1 is 1.25 bits per heavy atom. The summed E-state index contributed by atoms with van der Waals surface area (Å²) in [6.07, 6.45) is -1.24. The van der Waals surface area contributed by atoms with Gasteiger partial charge in [-0.3, -0.25) is 0 Å². The topological polar surface area (TPSA) is 75.8 Å². The summed E-state index contributed by atoms with van der Waals surface area (Å²) in [6, 6.07) is 7.67. The van der Waals surface area contributed by atoms with Crippen molar-refractivity contribution in [2.75, 3.05) is 18.9 Å². The number of nitrogens with zero attached hydrogens (tertiary/aromatic N) is 1. The molecule has 0 radical (unpaired) electrons. The molecule has 0 heterocycles. The van der Waals surface area contributed by atoms with Crippen LogP contribution >= 0.6 is 11.6 Å². The van der Waals surface area contributed by atoms with E-state index in [4.69, 9.17) is 22.1 Å². The van der Waals surface area contributed by atoms with E-state index in [-0.39, 0.29) is 25.3 Å². The van der Waals surface area contributed by atoms with Crippen molar-refractivity contribution in [2.45, 2.75) is 6.54 Å². The van der Waals surface area contributed by atoms with Gasteiger partial charge in [0.25, 0.3) is 0 Å². The van der Waals surface area contributed by atoms with Crippen LogP contribution in [0.2, 0.25) is 5.02 Å². The van der Waals surface area contributed by atoms with Gasteiger partial charge in [0.2, 0.25) is 0 Å². The van der Waals surface area contributed by atoms with Crippen LogP contribution in [0, 0.1) is 11.6 Å². The number of rotatable bonds is 6. The number of amides is 1.